The van der Waals surface area contributed by atoms with Gasteiger partial charge in [0.25, 0.3) is 0 Å². The number of nitro benzene ring substituents is 1. The summed E-state index contributed by atoms with van der Waals surface area (Å²) in [6, 6.07) is 5.67. The first-order valence-electron chi connectivity index (χ1n) is 8.67. The van der Waals surface area contributed by atoms with Crippen molar-refractivity contribution in [3.8, 4) is 5.75 Å². The maximum atomic E-state index is 11.1. The van der Waals surface area contributed by atoms with Gasteiger partial charge >= 0.3 is 5.69 Å². The van der Waals surface area contributed by atoms with Crippen LogP contribution < -0.4 is 9.64 Å². The van der Waals surface area contributed by atoms with E-state index in [1.807, 2.05) is 19.1 Å². The topological polar surface area (TPSA) is 68.1 Å². The third-order valence-corrected chi connectivity index (χ3v) is 4.72. The van der Waals surface area contributed by atoms with Gasteiger partial charge in [-0.15, -0.1) is 0 Å². The quantitative estimate of drug-likeness (QED) is 0.587. The van der Waals surface area contributed by atoms with E-state index < -0.39 is 0 Å². The molecule has 132 valence electrons. The highest BCUT2D eigenvalue weighted by Gasteiger charge is 2.28. The van der Waals surface area contributed by atoms with Crippen molar-refractivity contribution < 1.29 is 14.4 Å². The molecule has 0 bridgehead atoms. The van der Waals surface area contributed by atoms with Crippen molar-refractivity contribution in [2.75, 3.05) is 50.9 Å². The van der Waals surface area contributed by atoms with E-state index in [2.05, 4.69) is 9.80 Å². The molecule has 24 heavy (non-hydrogen) atoms. The van der Waals surface area contributed by atoms with Crippen LogP contribution in [0.1, 0.15) is 19.8 Å². The van der Waals surface area contributed by atoms with Crippen LogP contribution in [0, 0.1) is 10.1 Å². The van der Waals surface area contributed by atoms with E-state index in [0.29, 0.717) is 18.4 Å². The van der Waals surface area contributed by atoms with Gasteiger partial charge < -0.3 is 14.4 Å². The van der Waals surface area contributed by atoms with Gasteiger partial charge in [-0.1, -0.05) is 0 Å². The molecule has 3 rings (SSSR count). The van der Waals surface area contributed by atoms with Crippen molar-refractivity contribution in [3.63, 3.8) is 0 Å². The van der Waals surface area contributed by atoms with Crippen LogP contribution in [0.25, 0.3) is 0 Å². The Kier molecular flexibility index (Phi) is 5.52. The molecule has 2 aliphatic heterocycles. The van der Waals surface area contributed by atoms with E-state index >= 15 is 0 Å². The van der Waals surface area contributed by atoms with Crippen LogP contribution in [0.2, 0.25) is 0 Å². The molecule has 2 saturated heterocycles. The molecule has 0 aromatic heterocycles. The van der Waals surface area contributed by atoms with Crippen molar-refractivity contribution in [2.45, 2.75) is 25.8 Å². The number of nitro groups is 1. The van der Waals surface area contributed by atoms with Crippen LogP contribution in [-0.2, 0) is 4.74 Å². The highest BCUT2D eigenvalue weighted by atomic mass is 16.6. The molecule has 1 aromatic rings. The second-order valence-electron chi connectivity index (χ2n) is 6.24. The van der Waals surface area contributed by atoms with E-state index in [1.165, 1.54) is 0 Å². The number of hydrogen-bond acceptors (Lipinski definition) is 6. The Morgan fingerprint density at radius 3 is 2.83 bits per heavy atom. The third kappa shape index (κ3) is 3.79. The Hall–Kier alpha value is -1.86. The minimum absolute atomic E-state index is 0.0320. The highest BCUT2D eigenvalue weighted by molar-refractivity contribution is 5.60. The van der Waals surface area contributed by atoms with Crippen LogP contribution in [0.4, 0.5) is 11.4 Å². The minimum Gasteiger partial charge on any atom is -0.487 e. The van der Waals surface area contributed by atoms with Gasteiger partial charge in [0.2, 0.25) is 0 Å². The molecule has 7 heteroatoms. The van der Waals surface area contributed by atoms with Crippen LogP contribution in [-0.4, -0.2) is 61.9 Å². The summed E-state index contributed by atoms with van der Waals surface area (Å²) in [7, 11) is 0. The van der Waals surface area contributed by atoms with Crippen LogP contribution >= 0.6 is 0 Å². The number of rotatable bonds is 6. The van der Waals surface area contributed by atoms with Crippen LogP contribution in [0.15, 0.2) is 18.2 Å². The largest absolute Gasteiger partial charge is 0.487 e. The van der Waals surface area contributed by atoms with E-state index in [1.54, 1.807) is 6.07 Å². The zero-order chi connectivity index (χ0) is 16.9. The van der Waals surface area contributed by atoms with Crippen molar-refractivity contribution >= 4 is 11.4 Å². The molecule has 0 amide bonds. The predicted molar refractivity (Wildman–Crippen MR) is 91.9 cm³/mol. The van der Waals surface area contributed by atoms with Gasteiger partial charge in [0.05, 0.1) is 24.7 Å². The van der Waals surface area contributed by atoms with Crippen molar-refractivity contribution in [1.82, 2.24) is 4.90 Å². The molecule has 0 saturated carbocycles. The molecule has 2 fully saturated rings. The van der Waals surface area contributed by atoms with Crippen LogP contribution in [0.3, 0.4) is 0 Å². The predicted octanol–water partition coefficient (Wildman–Crippen LogP) is 2.29. The van der Waals surface area contributed by atoms with Crippen molar-refractivity contribution in [2.24, 2.45) is 0 Å². The number of hydrogen-bond donors (Lipinski definition) is 0. The number of ether oxygens (including phenoxy) is 2. The third-order valence-electron chi connectivity index (χ3n) is 4.72. The summed E-state index contributed by atoms with van der Waals surface area (Å²) in [4.78, 5) is 15.6. The van der Waals surface area contributed by atoms with E-state index in [0.717, 1.165) is 57.9 Å². The Morgan fingerprint density at radius 1 is 1.33 bits per heavy atom. The fourth-order valence-electron chi connectivity index (χ4n) is 3.55. The van der Waals surface area contributed by atoms with Crippen molar-refractivity contribution in [3.05, 3.63) is 28.3 Å². The Morgan fingerprint density at radius 2 is 2.12 bits per heavy atom. The lowest BCUT2D eigenvalue weighted by Crippen LogP contribution is -2.45. The zero-order valence-electron chi connectivity index (χ0n) is 14.1. The lowest BCUT2D eigenvalue weighted by molar-refractivity contribution is -0.385. The molecule has 1 atom stereocenters. The summed E-state index contributed by atoms with van der Waals surface area (Å²) >= 11 is 0. The summed E-state index contributed by atoms with van der Waals surface area (Å²) in [5.74, 6) is 0.358. The first-order valence-corrected chi connectivity index (χ1v) is 8.67. The van der Waals surface area contributed by atoms with Gasteiger partial charge in [-0.05, 0) is 25.8 Å². The molecule has 0 radical (unpaired) electrons. The molecule has 1 aromatic carbocycles. The Labute approximate surface area is 142 Å². The molecule has 0 spiro atoms. The summed E-state index contributed by atoms with van der Waals surface area (Å²) in [5.41, 5.74) is 1.05. The molecule has 0 N–H and O–H groups in total. The standard InChI is InChI=1S/C17H25N3O4/c1-2-24-17-12-14(5-6-16(17)20(21)22)19-7-3-4-15(19)13-18-8-10-23-11-9-18/h5-6,12,15H,2-4,7-11,13H2,1H3/t15-/m1/s1. The summed E-state index contributed by atoms with van der Waals surface area (Å²) in [5, 5.41) is 11.1. The Balaban J connectivity index is 1.76. The van der Waals surface area contributed by atoms with E-state index in [-0.39, 0.29) is 10.6 Å². The average molecular weight is 335 g/mol. The smallest absolute Gasteiger partial charge is 0.311 e. The lowest BCUT2D eigenvalue weighted by atomic mass is 10.1. The van der Waals surface area contributed by atoms with Gasteiger partial charge in [0, 0.05) is 50.0 Å². The van der Waals surface area contributed by atoms with Gasteiger partial charge in [-0.3, -0.25) is 15.0 Å². The molecular weight excluding hydrogens is 310 g/mol. The first kappa shape index (κ1) is 17.0. The molecule has 7 nitrogen and oxygen atoms in total. The number of anilines is 1. The average Bonchev–Trinajstić information content (AvgIpc) is 3.04. The molecule has 2 aliphatic rings. The maximum Gasteiger partial charge on any atom is 0.311 e. The number of morpholine rings is 1. The fraction of sp³-hybridized carbons (Fsp3) is 0.647. The SMILES string of the molecule is CCOc1cc(N2CCC[C@@H]2CN2CCOCC2)ccc1[N+](=O)[O-]. The van der Waals surface area contributed by atoms with Gasteiger partial charge in [0.15, 0.2) is 5.75 Å². The number of nitrogens with zero attached hydrogens (tertiary/aromatic N) is 3. The second kappa shape index (κ2) is 7.81. The first-order chi connectivity index (χ1) is 11.7. The molecule has 0 unspecified atom stereocenters. The maximum absolute atomic E-state index is 11.1. The summed E-state index contributed by atoms with van der Waals surface area (Å²) in [6.07, 6.45) is 2.30. The second-order valence-corrected chi connectivity index (χ2v) is 6.24. The summed E-state index contributed by atoms with van der Waals surface area (Å²) < 4.78 is 10.9. The van der Waals surface area contributed by atoms with Crippen LogP contribution in [0.5, 0.6) is 5.75 Å². The summed E-state index contributed by atoms with van der Waals surface area (Å²) in [6.45, 7) is 7.83. The van der Waals surface area contributed by atoms with Gasteiger partial charge in [-0.2, -0.15) is 0 Å². The van der Waals surface area contributed by atoms with Gasteiger partial charge in [0.1, 0.15) is 0 Å². The van der Waals surface area contributed by atoms with E-state index in [4.69, 9.17) is 9.47 Å². The lowest BCUT2D eigenvalue weighted by Gasteiger charge is -2.34. The van der Waals surface area contributed by atoms with Gasteiger partial charge in [-0.25, -0.2) is 0 Å². The normalized spacial score (nSPS) is 21.9. The molecular formula is C17H25N3O4. The fourth-order valence-corrected chi connectivity index (χ4v) is 3.55. The Bertz CT molecular complexity index is 575. The number of benzene rings is 1. The van der Waals surface area contributed by atoms with E-state index in [9.17, 15) is 10.1 Å². The minimum atomic E-state index is -0.385. The molecule has 0 aliphatic carbocycles. The monoisotopic (exact) mass is 335 g/mol. The van der Waals surface area contributed by atoms with Crippen molar-refractivity contribution in [1.29, 1.82) is 0 Å². The zero-order valence-corrected chi connectivity index (χ0v) is 14.1. The molecule has 2 heterocycles. The highest BCUT2D eigenvalue weighted by Crippen LogP contribution is 2.34.